The van der Waals surface area contributed by atoms with Crippen LogP contribution < -0.4 is 5.73 Å². The van der Waals surface area contributed by atoms with Crippen molar-refractivity contribution in [2.45, 2.75) is 25.8 Å². The second kappa shape index (κ2) is 3.61. The molecular weight excluding hydrogens is 191 g/mol. The summed E-state index contributed by atoms with van der Waals surface area (Å²) in [4.78, 5) is 0. The third-order valence-corrected chi connectivity index (χ3v) is 2.03. The van der Waals surface area contributed by atoms with E-state index in [9.17, 15) is 13.2 Å². The fourth-order valence-electron chi connectivity index (χ4n) is 1.17. The SMILES string of the molecule is Cc1ccc(F)c(C(N)C(C)(F)F)c1. The first-order valence-electron chi connectivity index (χ1n) is 4.22. The summed E-state index contributed by atoms with van der Waals surface area (Å²) in [5.41, 5.74) is 5.82. The Kier molecular flexibility index (Phi) is 2.85. The van der Waals surface area contributed by atoms with Crippen molar-refractivity contribution < 1.29 is 13.2 Å². The Labute approximate surface area is 80.7 Å². The molecule has 1 atom stereocenters. The molecule has 1 unspecified atom stereocenters. The highest BCUT2D eigenvalue weighted by Gasteiger charge is 2.33. The highest BCUT2D eigenvalue weighted by Crippen LogP contribution is 2.30. The summed E-state index contributed by atoms with van der Waals surface area (Å²) in [6.45, 7) is 2.38. The first kappa shape index (κ1) is 11.0. The zero-order valence-electron chi connectivity index (χ0n) is 8.02. The molecule has 0 amide bonds. The molecule has 2 N–H and O–H groups in total. The minimum atomic E-state index is -3.12. The van der Waals surface area contributed by atoms with Crippen LogP contribution in [0.3, 0.4) is 0 Å². The number of rotatable bonds is 2. The van der Waals surface area contributed by atoms with Crippen molar-refractivity contribution in [3.05, 3.63) is 35.1 Å². The Hall–Kier alpha value is -1.03. The summed E-state index contributed by atoms with van der Waals surface area (Å²) in [5.74, 6) is -3.81. The van der Waals surface area contributed by atoms with E-state index in [0.29, 0.717) is 12.5 Å². The second-order valence-corrected chi connectivity index (χ2v) is 3.46. The molecule has 0 aliphatic rings. The molecule has 0 heterocycles. The van der Waals surface area contributed by atoms with Crippen molar-refractivity contribution in [3.8, 4) is 0 Å². The number of nitrogens with two attached hydrogens (primary N) is 1. The molecule has 1 nitrogen and oxygen atoms in total. The highest BCUT2D eigenvalue weighted by atomic mass is 19.3. The molecule has 0 fully saturated rings. The van der Waals surface area contributed by atoms with Crippen LogP contribution in [0.4, 0.5) is 13.2 Å². The molecule has 0 saturated heterocycles. The molecule has 0 aliphatic heterocycles. The van der Waals surface area contributed by atoms with E-state index >= 15 is 0 Å². The Bertz CT molecular complexity index is 331. The van der Waals surface area contributed by atoms with Crippen molar-refractivity contribution in [2.24, 2.45) is 5.73 Å². The summed E-state index contributed by atoms with van der Waals surface area (Å²) < 4.78 is 38.8. The van der Waals surface area contributed by atoms with E-state index in [1.165, 1.54) is 12.1 Å². The predicted molar refractivity (Wildman–Crippen MR) is 48.7 cm³/mol. The lowest BCUT2D eigenvalue weighted by molar-refractivity contribution is -0.00724. The van der Waals surface area contributed by atoms with E-state index in [-0.39, 0.29) is 5.56 Å². The number of alkyl halides is 2. The van der Waals surface area contributed by atoms with Gasteiger partial charge in [0.2, 0.25) is 0 Å². The van der Waals surface area contributed by atoms with Crippen LogP contribution in [-0.2, 0) is 0 Å². The van der Waals surface area contributed by atoms with Gasteiger partial charge in [0, 0.05) is 12.5 Å². The summed E-state index contributed by atoms with van der Waals surface area (Å²) >= 11 is 0. The third-order valence-electron chi connectivity index (χ3n) is 2.03. The number of halogens is 3. The zero-order valence-corrected chi connectivity index (χ0v) is 8.02. The average Bonchev–Trinajstić information content (AvgIpc) is 2.06. The van der Waals surface area contributed by atoms with Gasteiger partial charge in [0.1, 0.15) is 5.82 Å². The van der Waals surface area contributed by atoms with Gasteiger partial charge in [-0.2, -0.15) is 0 Å². The number of aryl methyl sites for hydroxylation is 1. The van der Waals surface area contributed by atoms with Gasteiger partial charge >= 0.3 is 0 Å². The summed E-state index contributed by atoms with van der Waals surface area (Å²) in [7, 11) is 0. The van der Waals surface area contributed by atoms with Gasteiger partial charge in [0.25, 0.3) is 5.92 Å². The van der Waals surface area contributed by atoms with Crippen LogP contribution in [0.5, 0.6) is 0 Å². The van der Waals surface area contributed by atoms with Crippen LogP contribution in [0.25, 0.3) is 0 Å². The molecule has 78 valence electrons. The second-order valence-electron chi connectivity index (χ2n) is 3.46. The summed E-state index contributed by atoms with van der Waals surface area (Å²) in [5, 5.41) is 0. The molecule has 1 rings (SSSR count). The van der Waals surface area contributed by atoms with Crippen LogP contribution in [-0.4, -0.2) is 5.92 Å². The van der Waals surface area contributed by atoms with Gasteiger partial charge < -0.3 is 5.73 Å². The van der Waals surface area contributed by atoms with E-state index in [1.807, 2.05) is 0 Å². The molecular formula is C10H12F3N. The molecule has 1 aromatic rings. The van der Waals surface area contributed by atoms with Crippen molar-refractivity contribution in [3.63, 3.8) is 0 Å². The third kappa shape index (κ3) is 2.26. The maximum Gasteiger partial charge on any atom is 0.264 e. The van der Waals surface area contributed by atoms with Gasteiger partial charge in [-0.25, -0.2) is 13.2 Å². The van der Waals surface area contributed by atoms with E-state index in [2.05, 4.69) is 0 Å². The summed E-state index contributed by atoms with van der Waals surface area (Å²) in [6, 6.07) is 2.41. The van der Waals surface area contributed by atoms with Crippen LogP contribution in [0.2, 0.25) is 0 Å². The van der Waals surface area contributed by atoms with Crippen molar-refractivity contribution in [1.82, 2.24) is 0 Å². The number of hydrogen-bond donors (Lipinski definition) is 1. The quantitative estimate of drug-likeness (QED) is 0.785. The van der Waals surface area contributed by atoms with Crippen LogP contribution >= 0.6 is 0 Å². The smallest absolute Gasteiger partial charge is 0.264 e. The molecule has 4 heteroatoms. The standard InChI is InChI=1S/C10H12F3N/c1-6-3-4-8(11)7(5-6)9(14)10(2,12)13/h3-5,9H,14H2,1-2H3. The fraction of sp³-hybridized carbons (Fsp3) is 0.400. The van der Waals surface area contributed by atoms with Gasteiger partial charge in [-0.15, -0.1) is 0 Å². The van der Waals surface area contributed by atoms with Crippen LogP contribution in [0.1, 0.15) is 24.1 Å². The van der Waals surface area contributed by atoms with Crippen molar-refractivity contribution >= 4 is 0 Å². The zero-order chi connectivity index (χ0) is 10.9. The maximum atomic E-state index is 13.1. The normalized spacial score (nSPS) is 14.1. The van der Waals surface area contributed by atoms with E-state index in [1.54, 1.807) is 6.92 Å². The molecule has 0 saturated carbocycles. The topological polar surface area (TPSA) is 26.0 Å². The molecule has 0 bridgehead atoms. The maximum absolute atomic E-state index is 13.1. The Balaban J connectivity index is 3.12. The molecule has 14 heavy (non-hydrogen) atoms. The largest absolute Gasteiger partial charge is 0.319 e. The predicted octanol–water partition coefficient (Wildman–Crippen LogP) is 2.79. The van der Waals surface area contributed by atoms with Crippen molar-refractivity contribution in [1.29, 1.82) is 0 Å². The molecule has 1 aromatic carbocycles. The molecule has 0 spiro atoms. The van der Waals surface area contributed by atoms with Crippen LogP contribution in [0, 0.1) is 12.7 Å². The fourth-order valence-corrected chi connectivity index (χ4v) is 1.17. The van der Waals surface area contributed by atoms with Gasteiger partial charge in [-0.05, 0) is 13.0 Å². The highest BCUT2D eigenvalue weighted by molar-refractivity contribution is 5.27. The Morgan fingerprint density at radius 1 is 1.36 bits per heavy atom. The van der Waals surface area contributed by atoms with E-state index in [4.69, 9.17) is 5.73 Å². The van der Waals surface area contributed by atoms with E-state index < -0.39 is 17.8 Å². The van der Waals surface area contributed by atoms with Crippen molar-refractivity contribution in [2.75, 3.05) is 0 Å². The van der Waals surface area contributed by atoms with Gasteiger partial charge in [-0.3, -0.25) is 0 Å². The molecule has 0 aromatic heterocycles. The summed E-state index contributed by atoms with van der Waals surface area (Å²) in [6.07, 6.45) is 0. The lowest BCUT2D eigenvalue weighted by atomic mass is 10.00. The number of hydrogen-bond acceptors (Lipinski definition) is 1. The van der Waals surface area contributed by atoms with E-state index in [0.717, 1.165) is 6.07 Å². The van der Waals surface area contributed by atoms with Gasteiger partial charge in [0.05, 0.1) is 6.04 Å². The van der Waals surface area contributed by atoms with Crippen LogP contribution in [0.15, 0.2) is 18.2 Å². The lowest BCUT2D eigenvalue weighted by Gasteiger charge is -2.20. The van der Waals surface area contributed by atoms with Gasteiger partial charge in [0.15, 0.2) is 0 Å². The monoisotopic (exact) mass is 203 g/mol. The average molecular weight is 203 g/mol. The lowest BCUT2D eigenvalue weighted by Crippen LogP contribution is -2.30. The first-order valence-corrected chi connectivity index (χ1v) is 4.22. The number of benzene rings is 1. The Morgan fingerprint density at radius 2 is 1.93 bits per heavy atom. The minimum absolute atomic E-state index is 0.141. The van der Waals surface area contributed by atoms with Gasteiger partial charge in [-0.1, -0.05) is 17.7 Å². The molecule has 0 aliphatic carbocycles. The first-order chi connectivity index (χ1) is 6.32. The minimum Gasteiger partial charge on any atom is -0.319 e. The molecule has 0 radical (unpaired) electrons. The Morgan fingerprint density at radius 3 is 2.43 bits per heavy atom.